The van der Waals surface area contributed by atoms with Gasteiger partial charge in [0.2, 0.25) is 0 Å². The van der Waals surface area contributed by atoms with Gasteiger partial charge in [-0.15, -0.1) is 0 Å². The van der Waals surface area contributed by atoms with Gasteiger partial charge in [0.15, 0.2) is 4.32 Å². The van der Waals surface area contributed by atoms with Crippen LogP contribution in [0.3, 0.4) is 0 Å². The first-order chi connectivity index (χ1) is 14.0. The van der Waals surface area contributed by atoms with Crippen molar-refractivity contribution >= 4 is 56.7 Å². The molecule has 3 nitrogen and oxygen atoms in total. The molecule has 0 atom stereocenters. The van der Waals surface area contributed by atoms with E-state index in [4.69, 9.17) is 17.0 Å². The highest BCUT2D eigenvalue weighted by Gasteiger charge is 2.34. The van der Waals surface area contributed by atoms with Crippen LogP contribution in [0.4, 0.5) is 5.69 Å². The van der Waals surface area contributed by atoms with Crippen LogP contribution in [0.2, 0.25) is 0 Å². The second kappa shape index (κ2) is 8.01. The average Bonchev–Trinajstić information content (AvgIpc) is 2.97. The van der Waals surface area contributed by atoms with Crippen LogP contribution in [0, 0.1) is 6.92 Å². The predicted molar refractivity (Wildman–Crippen MR) is 127 cm³/mol. The van der Waals surface area contributed by atoms with E-state index in [1.54, 1.807) is 4.90 Å². The number of para-hydroxylation sites is 1. The number of nitrogens with zero attached hydrogens (tertiary/aromatic N) is 1. The molecule has 3 aromatic rings. The highest BCUT2D eigenvalue weighted by molar-refractivity contribution is 8.27. The van der Waals surface area contributed by atoms with Gasteiger partial charge in [-0.2, -0.15) is 0 Å². The zero-order chi connectivity index (χ0) is 20.5. The number of hydrogen-bond donors (Lipinski definition) is 0. The lowest BCUT2D eigenvalue weighted by molar-refractivity contribution is -0.113. The van der Waals surface area contributed by atoms with Crippen molar-refractivity contribution in [1.82, 2.24) is 0 Å². The number of thiocarbonyl (C=S) groups is 1. The van der Waals surface area contributed by atoms with Crippen LogP contribution in [0.1, 0.15) is 25.0 Å². The Hall–Kier alpha value is -2.63. The van der Waals surface area contributed by atoms with Crippen molar-refractivity contribution in [2.24, 2.45) is 0 Å². The second-order valence-corrected chi connectivity index (χ2v) is 8.84. The molecule has 1 aliphatic heterocycles. The maximum Gasteiger partial charge on any atom is 0.270 e. The Balaban J connectivity index is 1.82. The van der Waals surface area contributed by atoms with E-state index in [0.29, 0.717) is 9.23 Å². The van der Waals surface area contributed by atoms with Crippen molar-refractivity contribution in [3.8, 4) is 5.75 Å². The molecule has 5 heteroatoms. The SMILES string of the molecule is Cc1ccccc1N1C(=O)/C(=C\c2c(OC(C)C)ccc3ccccc23)SC1=S. The predicted octanol–water partition coefficient (Wildman–Crippen LogP) is 6.34. The minimum Gasteiger partial charge on any atom is -0.490 e. The molecule has 0 aliphatic carbocycles. The molecule has 4 rings (SSSR count). The van der Waals surface area contributed by atoms with Gasteiger partial charge in [0.1, 0.15) is 5.75 Å². The molecular weight excluding hydrogens is 398 g/mol. The summed E-state index contributed by atoms with van der Waals surface area (Å²) in [5, 5.41) is 2.15. The van der Waals surface area contributed by atoms with Crippen LogP contribution in [0.25, 0.3) is 16.8 Å². The normalized spacial score (nSPS) is 15.7. The van der Waals surface area contributed by atoms with Crippen LogP contribution < -0.4 is 9.64 Å². The lowest BCUT2D eigenvalue weighted by Gasteiger charge is -2.17. The summed E-state index contributed by atoms with van der Waals surface area (Å²) in [6.45, 7) is 5.98. The molecular formula is C24H21NO2S2. The zero-order valence-electron chi connectivity index (χ0n) is 16.5. The summed E-state index contributed by atoms with van der Waals surface area (Å²) in [5.74, 6) is 0.664. The van der Waals surface area contributed by atoms with Crippen LogP contribution in [0.5, 0.6) is 5.75 Å². The number of anilines is 1. The third-order valence-electron chi connectivity index (χ3n) is 4.72. The van der Waals surface area contributed by atoms with Crippen molar-refractivity contribution in [3.63, 3.8) is 0 Å². The molecule has 1 heterocycles. The van der Waals surface area contributed by atoms with Gasteiger partial charge in [0.25, 0.3) is 5.91 Å². The van der Waals surface area contributed by atoms with E-state index in [1.807, 2.05) is 75.4 Å². The first-order valence-corrected chi connectivity index (χ1v) is 10.7. The monoisotopic (exact) mass is 419 g/mol. The van der Waals surface area contributed by atoms with Crippen LogP contribution in [-0.4, -0.2) is 16.3 Å². The Labute approximate surface area is 180 Å². The summed E-state index contributed by atoms with van der Waals surface area (Å²) in [4.78, 5) is 15.5. The van der Waals surface area contributed by atoms with Gasteiger partial charge in [-0.3, -0.25) is 9.69 Å². The lowest BCUT2D eigenvalue weighted by atomic mass is 10.0. The fourth-order valence-electron chi connectivity index (χ4n) is 3.40. The van der Waals surface area contributed by atoms with Gasteiger partial charge in [-0.1, -0.05) is 72.5 Å². The third kappa shape index (κ3) is 3.80. The van der Waals surface area contributed by atoms with Crippen LogP contribution in [0.15, 0.2) is 65.6 Å². The summed E-state index contributed by atoms with van der Waals surface area (Å²) >= 11 is 6.88. The van der Waals surface area contributed by atoms with Crippen molar-refractivity contribution < 1.29 is 9.53 Å². The van der Waals surface area contributed by atoms with Gasteiger partial charge >= 0.3 is 0 Å². The van der Waals surface area contributed by atoms with Gasteiger partial charge < -0.3 is 4.74 Å². The number of carbonyl (C=O) groups is 1. The molecule has 3 aromatic carbocycles. The number of aryl methyl sites for hydroxylation is 1. The molecule has 29 heavy (non-hydrogen) atoms. The number of carbonyl (C=O) groups excluding carboxylic acids is 1. The molecule has 0 spiro atoms. The maximum atomic E-state index is 13.3. The second-order valence-electron chi connectivity index (χ2n) is 7.17. The molecule has 1 saturated heterocycles. The molecule has 0 aromatic heterocycles. The standard InChI is InChI=1S/C24H21NO2S2/c1-15(2)27-21-13-12-17-9-5-6-10-18(17)19(21)14-22-23(26)25(24(28)29-22)20-11-7-4-8-16(20)3/h4-15H,1-3H3/b22-14+. The maximum absolute atomic E-state index is 13.3. The molecule has 0 bridgehead atoms. The van der Waals surface area contributed by atoms with E-state index >= 15 is 0 Å². The van der Waals surface area contributed by atoms with E-state index in [9.17, 15) is 4.79 Å². The Bertz CT molecular complexity index is 1150. The highest BCUT2D eigenvalue weighted by atomic mass is 32.2. The molecule has 146 valence electrons. The van der Waals surface area contributed by atoms with E-state index in [0.717, 1.165) is 33.3 Å². The van der Waals surface area contributed by atoms with E-state index in [2.05, 4.69) is 12.1 Å². The molecule has 1 fully saturated rings. The number of hydrogen-bond acceptors (Lipinski definition) is 4. The number of amides is 1. The van der Waals surface area contributed by atoms with Gasteiger partial charge in [0.05, 0.1) is 16.7 Å². The Kier molecular flexibility index (Phi) is 5.43. The average molecular weight is 420 g/mol. The summed E-state index contributed by atoms with van der Waals surface area (Å²) in [6.07, 6.45) is 1.95. The minimum absolute atomic E-state index is 0.0322. The van der Waals surface area contributed by atoms with Crippen LogP contribution >= 0.6 is 24.0 Å². The zero-order valence-corrected chi connectivity index (χ0v) is 18.1. The summed E-state index contributed by atoms with van der Waals surface area (Å²) in [7, 11) is 0. The van der Waals surface area contributed by atoms with Gasteiger partial charge in [-0.25, -0.2) is 0 Å². The van der Waals surface area contributed by atoms with Crippen molar-refractivity contribution in [2.45, 2.75) is 26.9 Å². The van der Waals surface area contributed by atoms with E-state index in [1.165, 1.54) is 11.8 Å². The Morgan fingerprint density at radius 1 is 1.03 bits per heavy atom. The largest absolute Gasteiger partial charge is 0.490 e. The molecule has 0 saturated carbocycles. The highest BCUT2D eigenvalue weighted by Crippen LogP contribution is 2.39. The van der Waals surface area contributed by atoms with E-state index in [-0.39, 0.29) is 12.0 Å². The van der Waals surface area contributed by atoms with Crippen molar-refractivity contribution in [3.05, 3.63) is 76.7 Å². The summed E-state index contributed by atoms with van der Waals surface area (Å²) in [5.41, 5.74) is 2.75. The number of thioether (sulfide) groups is 1. The fourth-order valence-corrected chi connectivity index (χ4v) is 4.67. The fraction of sp³-hybridized carbons (Fsp3) is 0.167. The molecule has 0 radical (unpaired) electrons. The summed E-state index contributed by atoms with van der Waals surface area (Å²) < 4.78 is 6.59. The molecule has 1 amide bonds. The first kappa shape index (κ1) is 19.7. The van der Waals surface area contributed by atoms with Crippen LogP contribution in [-0.2, 0) is 4.79 Å². The summed E-state index contributed by atoms with van der Waals surface area (Å²) in [6, 6.07) is 19.9. The number of rotatable bonds is 4. The van der Waals surface area contributed by atoms with Crippen molar-refractivity contribution in [2.75, 3.05) is 4.90 Å². The molecule has 0 unspecified atom stereocenters. The van der Waals surface area contributed by atoms with E-state index < -0.39 is 0 Å². The van der Waals surface area contributed by atoms with Gasteiger partial charge in [-0.05, 0) is 55.3 Å². The van der Waals surface area contributed by atoms with Crippen molar-refractivity contribution in [1.29, 1.82) is 0 Å². The topological polar surface area (TPSA) is 29.5 Å². The molecule has 1 aliphatic rings. The minimum atomic E-state index is -0.0993. The number of benzene rings is 3. The lowest BCUT2D eigenvalue weighted by Crippen LogP contribution is -2.28. The quantitative estimate of drug-likeness (QED) is 0.364. The number of ether oxygens (including phenoxy) is 1. The number of fused-ring (bicyclic) bond motifs is 1. The van der Waals surface area contributed by atoms with Gasteiger partial charge in [0, 0.05) is 5.56 Å². The Morgan fingerprint density at radius 2 is 1.76 bits per heavy atom. The third-order valence-corrected chi connectivity index (χ3v) is 6.02. The smallest absolute Gasteiger partial charge is 0.270 e. The Morgan fingerprint density at radius 3 is 2.52 bits per heavy atom. The first-order valence-electron chi connectivity index (χ1n) is 9.47. The molecule has 0 N–H and O–H groups in total.